The van der Waals surface area contributed by atoms with E-state index in [4.69, 9.17) is 5.73 Å². The third-order valence-corrected chi connectivity index (χ3v) is 5.14. The lowest BCUT2D eigenvalue weighted by molar-refractivity contribution is 0.438. The minimum atomic E-state index is 0. The third-order valence-electron chi connectivity index (χ3n) is 5.14. The van der Waals surface area contributed by atoms with Crippen LogP contribution >= 0.6 is 12.4 Å². The Morgan fingerprint density at radius 2 is 1.36 bits per heavy atom. The van der Waals surface area contributed by atoms with Gasteiger partial charge in [-0.25, -0.2) is 0 Å². The average Bonchev–Trinajstić information content (AvgIpc) is 3.23. The zero-order valence-electron chi connectivity index (χ0n) is 18.2. The summed E-state index contributed by atoms with van der Waals surface area (Å²) in [6.45, 7) is 6.31. The van der Waals surface area contributed by atoms with Crippen LogP contribution in [0.15, 0.2) is 35.3 Å². The van der Waals surface area contributed by atoms with E-state index in [1.165, 1.54) is 89.2 Å². The lowest BCUT2D eigenvalue weighted by Gasteiger charge is -2.12. The van der Waals surface area contributed by atoms with E-state index in [-0.39, 0.29) is 12.4 Å². The molecule has 0 saturated carbocycles. The number of unbranched alkanes of at least 4 members (excludes halogenated alkanes) is 11. The van der Waals surface area contributed by atoms with Gasteiger partial charge >= 0.3 is 0 Å². The van der Waals surface area contributed by atoms with E-state index in [1.54, 1.807) is 0 Å². The topological polar surface area (TPSA) is 41.6 Å². The molecule has 0 saturated heterocycles. The summed E-state index contributed by atoms with van der Waals surface area (Å²) in [6, 6.07) is 9.99. The van der Waals surface area contributed by atoms with Crippen LogP contribution < -0.4 is 5.73 Å². The van der Waals surface area contributed by atoms with Crippen molar-refractivity contribution in [3.8, 4) is 0 Å². The standard InChI is InChI=1S/C17H34N2.C7H9N.ClH/c1-2-3-4-5-6-7-8-9-10-11-12-13-15-19-16-14-18-17-19;8-6-7-4-2-1-3-5-7;/h17H,2-16H2,1H3;1-5H,6,8H2;1H. The van der Waals surface area contributed by atoms with Crippen LogP contribution in [0.4, 0.5) is 0 Å². The lowest BCUT2D eigenvalue weighted by Crippen LogP contribution is -2.20. The van der Waals surface area contributed by atoms with Gasteiger partial charge in [0, 0.05) is 19.6 Å². The molecule has 3 nitrogen and oxygen atoms in total. The molecule has 162 valence electrons. The van der Waals surface area contributed by atoms with Crippen molar-refractivity contribution in [1.29, 1.82) is 0 Å². The smallest absolute Gasteiger partial charge is 0.0851 e. The molecule has 0 bridgehead atoms. The molecule has 0 aromatic heterocycles. The van der Waals surface area contributed by atoms with Crippen molar-refractivity contribution in [2.24, 2.45) is 10.7 Å². The summed E-state index contributed by atoms with van der Waals surface area (Å²) in [5.74, 6) is 0. The van der Waals surface area contributed by atoms with Crippen LogP contribution in [-0.2, 0) is 6.54 Å². The maximum atomic E-state index is 5.35. The van der Waals surface area contributed by atoms with Crippen LogP contribution in [0.1, 0.15) is 89.5 Å². The van der Waals surface area contributed by atoms with Gasteiger partial charge in [0.25, 0.3) is 0 Å². The quantitative estimate of drug-likeness (QED) is 0.351. The Morgan fingerprint density at radius 1 is 0.821 bits per heavy atom. The fourth-order valence-electron chi connectivity index (χ4n) is 3.36. The van der Waals surface area contributed by atoms with Crippen molar-refractivity contribution in [2.45, 2.75) is 90.5 Å². The van der Waals surface area contributed by atoms with Gasteiger partial charge in [-0.05, 0) is 12.0 Å². The Balaban J connectivity index is 0.000000678. The van der Waals surface area contributed by atoms with Gasteiger partial charge in [-0.15, -0.1) is 12.4 Å². The second-order valence-corrected chi connectivity index (χ2v) is 7.64. The Kier molecular flexibility index (Phi) is 19.9. The molecule has 1 aliphatic rings. The highest BCUT2D eigenvalue weighted by atomic mass is 35.5. The first-order valence-corrected chi connectivity index (χ1v) is 11.3. The Labute approximate surface area is 180 Å². The van der Waals surface area contributed by atoms with E-state index in [0.717, 1.165) is 13.1 Å². The highest BCUT2D eigenvalue weighted by Crippen LogP contribution is 2.12. The molecule has 28 heavy (non-hydrogen) atoms. The molecular formula is C24H44ClN3. The van der Waals surface area contributed by atoms with Crippen molar-refractivity contribution in [1.82, 2.24) is 4.90 Å². The van der Waals surface area contributed by atoms with E-state index in [0.29, 0.717) is 6.54 Å². The molecule has 1 aliphatic heterocycles. The van der Waals surface area contributed by atoms with Crippen molar-refractivity contribution in [3.63, 3.8) is 0 Å². The zero-order valence-corrected chi connectivity index (χ0v) is 19.0. The summed E-state index contributed by atoms with van der Waals surface area (Å²) in [4.78, 5) is 6.60. The van der Waals surface area contributed by atoms with Crippen LogP contribution in [0.25, 0.3) is 0 Å². The van der Waals surface area contributed by atoms with Gasteiger partial charge in [0.05, 0.1) is 12.9 Å². The molecule has 1 aromatic rings. The number of benzene rings is 1. The molecule has 0 atom stereocenters. The second-order valence-electron chi connectivity index (χ2n) is 7.64. The maximum absolute atomic E-state index is 5.35. The van der Waals surface area contributed by atoms with Crippen molar-refractivity contribution >= 4 is 18.7 Å². The molecule has 0 spiro atoms. The molecule has 0 amide bonds. The number of aliphatic imine (C=N–C) groups is 1. The average molecular weight is 410 g/mol. The van der Waals surface area contributed by atoms with Crippen LogP contribution in [0, 0.1) is 0 Å². The number of hydrogen-bond acceptors (Lipinski definition) is 3. The summed E-state index contributed by atoms with van der Waals surface area (Å²) in [5, 5.41) is 0. The Hall–Kier alpha value is -1.06. The first-order chi connectivity index (χ1) is 13.4. The predicted octanol–water partition coefficient (Wildman–Crippen LogP) is 6.60. The van der Waals surface area contributed by atoms with Crippen molar-refractivity contribution in [3.05, 3.63) is 35.9 Å². The second kappa shape index (κ2) is 20.7. The molecular weight excluding hydrogens is 366 g/mol. The summed E-state index contributed by atoms with van der Waals surface area (Å²) in [6.07, 6.45) is 19.2. The van der Waals surface area contributed by atoms with Crippen LogP contribution in [0.5, 0.6) is 0 Å². The monoisotopic (exact) mass is 409 g/mol. The lowest BCUT2D eigenvalue weighted by atomic mass is 10.1. The van der Waals surface area contributed by atoms with Gasteiger partial charge < -0.3 is 10.6 Å². The molecule has 2 N–H and O–H groups in total. The third kappa shape index (κ3) is 15.9. The highest BCUT2D eigenvalue weighted by Gasteiger charge is 2.03. The van der Waals surface area contributed by atoms with E-state index in [2.05, 4.69) is 16.8 Å². The zero-order chi connectivity index (χ0) is 19.4. The molecule has 0 unspecified atom stereocenters. The van der Waals surface area contributed by atoms with E-state index < -0.39 is 0 Å². The number of hydrogen-bond donors (Lipinski definition) is 1. The number of halogens is 1. The minimum Gasteiger partial charge on any atom is -0.361 e. The predicted molar refractivity (Wildman–Crippen MR) is 128 cm³/mol. The van der Waals surface area contributed by atoms with Gasteiger partial charge in [-0.2, -0.15) is 0 Å². The van der Waals surface area contributed by atoms with Gasteiger partial charge in [-0.3, -0.25) is 4.99 Å². The number of rotatable bonds is 14. The molecule has 4 heteroatoms. The van der Waals surface area contributed by atoms with Gasteiger partial charge in [-0.1, -0.05) is 108 Å². The SMILES string of the molecule is CCCCCCCCCCCCCCN1C=NCC1.Cl.NCc1ccccc1. The van der Waals surface area contributed by atoms with Gasteiger partial charge in [0.1, 0.15) is 0 Å². The number of nitrogens with zero attached hydrogens (tertiary/aromatic N) is 2. The Morgan fingerprint density at radius 3 is 1.79 bits per heavy atom. The Bertz CT molecular complexity index is 450. The van der Waals surface area contributed by atoms with E-state index in [1.807, 2.05) is 36.7 Å². The molecule has 0 aliphatic carbocycles. The molecule has 1 aromatic carbocycles. The summed E-state index contributed by atoms with van der Waals surface area (Å²) < 4.78 is 0. The normalized spacial score (nSPS) is 12.4. The highest BCUT2D eigenvalue weighted by molar-refractivity contribution is 5.85. The molecule has 2 rings (SSSR count). The maximum Gasteiger partial charge on any atom is 0.0851 e. The van der Waals surface area contributed by atoms with Gasteiger partial charge in [0.2, 0.25) is 0 Å². The van der Waals surface area contributed by atoms with Crippen LogP contribution in [-0.4, -0.2) is 30.9 Å². The van der Waals surface area contributed by atoms with Crippen molar-refractivity contribution < 1.29 is 0 Å². The van der Waals surface area contributed by atoms with Crippen LogP contribution in [0.2, 0.25) is 0 Å². The fourth-order valence-corrected chi connectivity index (χ4v) is 3.36. The van der Waals surface area contributed by atoms with E-state index in [9.17, 15) is 0 Å². The van der Waals surface area contributed by atoms with E-state index >= 15 is 0 Å². The van der Waals surface area contributed by atoms with Gasteiger partial charge in [0.15, 0.2) is 0 Å². The fraction of sp³-hybridized carbons (Fsp3) is 0.708. The number of nitrogens with two attached hydrogens (primary N) is 1. The van der Waals surface area contributed by atoms with Crippen LogP contribution in [0.3, 0.4) is 0 Å². The first-order valence-electron chi connectivity index (χ1n) is 11.3. The molecule has 0 radical (unpaired) electrons. The summed E-state index contributed by atoms with van der Waals surface area (Å²) >= 11 is 0. The molecule has 1 heterocycles. The summed E-state index contributed by atoms with van der Waals surface area (Å²) in [7, 11) is 0. The molecule has 0 fully saturated rings. The first kappa shape index (κ1) is 26.9. The van der Waals surface area contributed by atoms with Crippen molar-refractivity contribution in [2.75, 3.05) is 19.6 Å². The summed E-state index contributed by atoms with van der Waals surface area (Å²) in [5.41, 5.74) is 6.54. The largest absolute Gasteiger partial charge is 0.361 e. The minimum absolute atomic E-state index is 0.